The zero-order valence-electron chi connectivity index (χ0n) is 20.6. The number of rotatable bonds is 9. The lowest BCUT2D eigenvalue weighted by atomic mass is 10.0. The van der Waals surface area contributed by atoms with E-state index in [0.717, 1.165) is 0 Å². The summed E-state index contributed by atoms with van der Waals surface area (Å²) >= 11 is 0. The fourth-order valence-electron chi connectivity index (χ4n) is 3.28. The molecule has 0 radical (unpaired) electrons. The molecule has 190 valence electrons. The summed E-state index contributed by atoms with van der Waals surface area (Å²) in [5.74, 6) is -0.296. The van der Waals surface area contributed by atoms with Gasteiger partial charge in [-0.15, -0.1) is 0 Å². The van der Waals surface area contributed by atoms with Gasteiger partial charge in [-0.2, -0.15) is 0 Å². The number of amides is 3. The van der Waals surface area contributed by atoms with Crippen LogP contribution in [-0.4, -0.2) is 50.4 Å². The van der Waals surface area contributed by atoms with E-state index < -0.39 is 23.9 Å². The van der Waals surface area contributed by atoms with Crippen molar-refractivity contribution in [2.75, 3.05) is 32.0 Å². The SMILES string of the molecule is COC(=O)[C@@H](NC(=O)c1cc(-c2ccc(NC(=O)Nc3cc(OC)ccc3OC)cc2)no1)C(C)C. The number of carbonyl (C=O) groups excluding carboxylic acids is 3. The molecule has 0 aliphatic heterocycles. The lowest BCUT2D eigenvalue weighted by molar-refractivity contribution is -0.144. The van der Waals surface area contributed by atoms with Crippen molar-refractivity contribution in [3.63, 3.8) is 0 Å². The third kappa shape index (κ3) is 6.32. The highest BCUT2D eigenvalue weighted by Crippen LogP contribution is 2.29. The third-order valence-corrected chi connectivity index (χ3v) is 5.24. The Kier molecular flexibility index (Phi) is 8.50. The van der Waals surface area contributed by atoms with Crippen molar-refractivity contribution in [3.05, 3.63) is 54.3 Å². The minimum atomic E-state index is -0.815. The lowest BCUT2D eigenvalue weighted by Gasteiger charge is -2.18. The van der Waals surface area contributed by atoms with Crippen molar-refractivity contribution in [3.8, 4) is 22.8 Å². The first-order valence-electron chi connectivity index (χ1n) is 11.0. The number of benzene rings is 2. The van der Waals surface area contributed by atoms with Gasteiger partial charge in [0.25, 0.3) is 5.91 Å². The smallest absolute Gasteiger partial charge is 0.328 e. The van der Waals surface area contributed by atoms with Crippen LogP contribution in [0.5, 0.6) is 11.5 Å². The number of carbonyl (C=O) groups is 3. The zero-order valence-corrected chi connectivity index (χ0v) is 20.6. The Bertz CT molecular complexity index is 1220. The first-order valence-corrected chi connectivity index (χ1v) is 11.0. The predicted molar refractivity (Wildman–Crippen MR) is 132 cm³/mol. The molecule has 2 aromatic carbocycles. The van der Waals surface area contributed by atoms with Crippen molar-refractivity contribution < 1.29 is 33.1 Å². The average Bonchev–Trinajstić information content (AvgIpc) is 3.37. The Labute approximate surface area is 208 Å². The van der Waals surface area contributed by atoms with E-state index in [0.29, 0.717) is 34.1 Å². The van der Waals surface area contributed by atoms with Crippen LogP contribution in [0, 0.1) is 5.92 Å². The number of methoxy groups -OCH3 is 3. The molecule has 0 aliphatic carbocycles. The number of ether oxygens (including phenoxy) is 3. The van der Waals surface area contributed by atoms with Gasteiger partial charge >= 0.3 is 12.0 Å². The Balaban J connectivity index is 1.65. The summed E-state index contributed by atoms with van der Waals surface area (Å²) in [5, 5.41) is 12.0. The number of esters is 1. The Morgan fingerprint density at radius 3 is 2.25 bits per heavy atom. The maximum Gasteiger partial charge on any atom is 0.328 e. The lowest BCUT2D eigenvalue weighted by Crippen LogP contribution is -2.44. The van der Waals surface area contributed by atoms with Gasteiger partial charge < -0.3 is 34.7 Å². The molecule has 36 heavy (non-hydrogen) atoms. The van der Waals surface area contributed by atoms with Crippen LogP contribution < -0.4 is 25.4 Å². The molecule has 0 unspecified atom stereocenters. The van der Waals surface area contributed by atoms with Crippen molar-refractivity contribution in [2.24, 2.45) is 5.92 Å². The van der Waals surface area contributed by atoms with E-state index in [-0.39, 0.29) is 11.7 Å². The average molecular weight is 497 g/mol. The summed E-state index contributed by atoms with van der Waals surface area (Å²) < 4.78 is 20.3. The van der Waals surface area contributed by atoms with E-state index in [1.807, 2.05) is 0 Å². The molecule has 0 saturated heterocycles. The number of aromatic nitrogens is 1. The van der Waals surface area contributed by atoms with Crippen molar-refractivity contribution in [2.45, 2.75) is 19.9 Å². The highest BCUT2D eigenvalue weighted by Gasteiger charge is 2.27. The summed E-state index contributed by atoms with van der Waals surface area (Å²) in [5.41, 5.74) is 2.05. The molecule has 0 fully saturated rings. The number of nitrogens with zero attached hydrogens (tertiary/aromatic N) is 1. The molecule has 3 N–H and O–H groups in total. The number of hydrogen-bond acceptors (Lipinski definition) is 8. The molecule has 3 amide bonds. The summed E-state index contributed by atoms with van der Waals surface area (Å²) in [6.45, 7) is 3.58. The van der Waals surface area contributed by atoms with Crippen LogP contribution in [0.25, 0.3) is 11.3 Å². The Morgan fingerprint density at radius 2 is 1.64 bits per heavy atom. The van der Waals surface area contributed by atoms with Crippen LogP contribution in [0.15, 0.2) is 53.1 Å². The monoisotopic (exact) mass is 496 g/mol. The fraction of sp³-hybridized carbons (Fsp3) is 0.280. The molecule has 0 bridgehead atoms. The Morgan fingerprint density at radius 1 is 0.917 bits per heavy atom. The second-order valence-electron chi connectivity index (χ2n) is 8.02. The molecule has 0 aliphatic rings. The molecule has 0 spiro atoms. The molecule has 11 nitrogen and oxygen atoms in total. The van der Waals surface area contributed by atoms with Gasteiger partial charge in [0, 0.05) is 23.4 Å². The van der Waals surface area contributed by atoms with Gasteiger partial charge in [-0.05, 0) is 30.2 Å². The standard InChI is InChI=1S/C25H28N4O7/c1-14(2)22(24(31)35-5)28-23(30)21-13-18(29-36-21)15-6-8-16(9-7-15)26-25(32)27-19-12-17(33-3)10-11-20(19)34-4/h6-14,22H,1-5H3,(H,28,30)(H2,26,27,32)/t22-/m0/s1. The van der Waals surface area contributed by atoms with Crippen molar-refractivity contribution >= 4 is 29.3 Å². The van der Waals surface area contributed by atoms with Crippen LogP contribution in [0.1, 0.15) is 24.4 Å². The first-order chi connectivity index (χ1) is 17.2. The maximum atomic E-state index is 12.5. The van der Waals surface area contributed by atoms with E-state index in [4.69, 9.17) is 18.7 Å². The van der Waals surface area contributed by atoms with Crippen LogP contribution in [-0.2, 0) is 9.53 Å². The largest absolute Gasteiger partial charge is 0.497 e. The highest BCUT2D eigenvalue weighted by atomic mass is 16.5. The quantitative estimate of drug-likeness (QED) is 0.379. The second-order valence-corrected chi connectivity index (χ2v) is 8.02. The molecule has 3 aromatic rings. The van der Waals surface area contributed by atoms with Crippen LogP contribution in [0.2, 0.25) is 0 Å². The van der Waals surface area contributed by atoms with E-state index in [1.54, 1.807) is 56.3 Å². The van der Waals surface area contributed by atoms with Gasteiger partial charge in [0.05, 0.1) is 27.0 Å². The van der Waals surface area contributed by atoms with Crippen LogP contribution >= 0.6 is 0 Å². The van der Waals surface area contributed by atoms with Gasteiger partial charge in [0.2, 0.25) is 5.76 Å². The minimum Gasteiger partial charge on any atom is -0.497 e. The Hall–Kier alpha value is -4.54. The van der Waals surface area contributed by atoms with Gasteiger partial charge in [-0.25, -0.2) is 9.59 Å². The maximum absolute atomic E-state index is 12.5. The number of anilines is 2. The first kappa shape index (κ1) is 26.1. The van der Waals surface area contributed by atoms with E-state index in [9.17, 15) is 14.4 Å². The molecule has 1 aromatic heterocycles. The van der Waals surface area contributed by atoms with Crippen LogP contribution in [0.4, 0.5) is 16.2 Å². The molecule has 11 heteroatoms. The topological polar surface area (TPSA) is 141 Å². The summed E-state index contributed by atoms with van der Waals surface area (Å²) in [6.07, 6.45) is 0. The predicted octanol–water partition coefficient (Wildman–Crippen LogP) is 3.93. The van der Waals surface area contributed by atoms with Crippen molar-refractivity contribution in [1.82, 2.24) is 10.5 Å². The number of nitrogens with one attached hydrogen (secondary N) is 3. The zero-order chi connectivity index (χ0) is 26.2. The summed E-state index contributed by atoms with van der Waals surface area (Å²) in [6, 6.07) is 12.0. The fourth-order valence-corrected chi connectivity index (χ4v) is 3.28. The van der Waals surface area contributed by atoms with E-state index in [2.05, 4.69) is 21.1 Å². The number of urea groups is 1. The van der Waals surface area contributed by atoms with Gasteiger partial charge in [-0.1, -0.05) is 31.1 Å². The normalized spacial score (nSPS) is 11.4. The van der Waals surface area contributed by atoms with E-state index in [1.165, 1.54) is 27.4 Å². The third-order valence-electron chi connectivity index (χ3n) is 5.24. The highest BCUT2D eigenvalue weighted by molar-refractivity contribution is 6.01. The molecular weight excluding hydrogens is 468 g/mol. The second kappa shape index (κ2) is 11.7. The number of hydrogen-bond donors (Lipinski definition) is 3. The molecular formula is C25H28N4O7. The van der Waals surface area contributed by atoms with Gasteiger partial charge in [-0.3, -0.25) is 4.79 Å². The van der Waals surface area contributed by atoms with Gasteiger partial charge in [0.1, 0.15) is 23.2 Å². The molecule has 1 heterocycles. The van der Waals surface area contributed by atoms with Crippen molar-refractivity contribution in [1.29, 1.82) is 0 Å². The summed E-state index contributed by atoms with van der Waals surface area (Å²) in [7, 11) is 4.29. The van der Waals surface area contributed by atoms with Crippen LogP contribution in [0.3, 0.4) is 0 Å². The molecule has 0 saturated carbocycles. The van der Waals surface area contributed by atoms with Gasteiger partial charge in [0.15, 0.2) is 0 Å². The van der Waals surface area contributed by atoms with E-state index >= 15 is 0 Å². The summed E-state index contributed by atoms with van der Waals surface area (Å²) in [4.78, 5) is 36.9. The molecule has 1 atom stereocenters. The minimum absolute atomic E-state index is 0.0478. The molecule has 3 rings (SSSR count).